The fraction of sp³-hybridized carbons (Fsp3) is 0.429. The Hall–Kier alpha value is -1.66. The van der Waals surface area contributed by atoms with Gasteiger partial charge in [0.15, 0.2) is 0 Å². The number of thiophene rings is 1. The minimum Gasteiger partial charge on any atom is -0.348 e. The van der Waals surface area contributed by atoms with Crippen LogP contribution in [0.25, 0.3) is 0 Å². The maximum atomic E-state index is 12.8. The number of carbonyl (C=O) groups excluding carboxylic acids is 2. The number of nitrogens with zero attached hydrogens (tertiary/aromatic N) is 1. The molecule has 27 heavy (non-hydrogen) atoms. The monoisotopic (exact) mass is 448 g/mol. The highest BCUT2D eigenvalue weighted by Crippen LogP contribution is 2.27. The van der Waals surface area contributed by atoms with Crippen molar-refractivity contribution in [2.24, 2.45) is 11.8 Å². The van der Waals surface area contributed by atoms with Gasteiger partial charge in [0.05, 0.1) is 6.04 Å². The van der Waals surface area contributed by atoms with Crippen LogP contribution in [0.15, 0.2) is 46.3 Å². The SMILES string of the molecule is CC(C)[C@@H](NC(=O)C1CCN(C(=O)c2ccc(Br)cc2)CC1)c1cccs1. The Morgan fingerprint density at radius 3 is 2.37 bits per heavy atom. The summed E-state index contributed by atoms with van der Waals surface area (Å²) in [5.41, 5.74) is 0.693. The van der Waals surface area contributed by atoms with E-state index in [1.165, 1.54) is 4.88 Å². The van der Waals surface area contributed by atoms with E-state index in [2.05, 4.69) is 41.2 Å². The van der Waals surface area contributed by atoms with Crippen LogP contribution >= 0.6 is 27.3 Å². The van der Waals surface area contributed by atoms with E-state index in [9.17, 15) is 9.59 Å². The molecule has 1 aliphatic heterocycles. The molecule has 1 saturated heterocycles. The first-order chi connectivity index (χ1) is 13.0. The molecule has 0 unspecified atom stereocenters. The van der Waals surface area contributed by atoms with Crippen LogP contribution < -0.4 is 5.32 Å². The lowest BCUT2D eigenvalue weighted by Gasteiger charge is -2.32. The lowest BCUT2D eigenvalue weighted by atomic mass is 9.94. The van der Waals surface area contributed by atoms with Crippen LogP contribution in [0, 0.1) is 11.8 Å². The normalized spacial score (nSPS) is 16.4. The molecule has 1 aromatic heterocycles. The van der Waals surface area contributed by atoms with Gasteiger partial charge in [-0.1, -0.05) is 35.8 Å². The zero-order chi connectivity index (χ0) is 19.4. The van der Waals surface area contributed by atoms with Crippen LogP contribution in [-0.4, -0.2) is 29.8 Å². The topological polar surface area (TPSA) is 49.4 Å². The van der Waals surface area contributed by atoms with Crippen molar-refractivity contribution in [3.63, 3.8) is 0 Å². The van der Waals surface area contributed by atoms with E-state index in [4.69, 9.17) is 0 Å². The summed E-state index contributed by atoms with van der Waals surface area (Å²) in [4.78, 5) is 28.4. The van der Waals surface area contributed by atoms with Gasteiger partial charge in [0.2, 0.25) is 5.91 Å². The Labute approximate surface area is 173 Å². The van der Waals surface area contributed by atoms with Crippen molar-refractivity contribution < 1.29 is 9.59 Å². The second kappa shape index (κ2) is 9.02. The van der Waals surface area contributed by atoms with Gasteiger partial charge in [-0.15, -0.1) is 11.3 Å². The number of likely N-dealkylation sites (tertiary alicyclic amines) is 1. The number of piperidine rings is 1. The number of hydrogen-bond donors (Lipinski definition) is 1. The maximum absolute atomic E-state index is 12.8. The molecule has 0 saturated carbocycles. The Kier molecular flexibility index (Phi) is 6.71. The van der Waals surface area contributed by atoms with E-state index < -0.39 is 0 Å². The van der Waals surface area contributed by atoms with Crippen LogP contribution in [0.4, 0.5) is 0 Å². The molecule has 3 rings (SSSR count). The van der Waals surface area contributed by atoms with Gasteiger partial charge in [0.25, 0.3) is 5.91 Å². The van der Waals surface area contributed by atoms with E-state index in [0.29, 0.717) is 37.4 Å². The molecule has 1 aromatic carbocycles. The molecule has 4 nitrogen and oxygen atoms in total. The molecule has 0 aliphatic carbocycles. The Morgan fingerprint density at radius 2 is 1.81 bits per heavy atom. The molecular formula is C21H25BrN2O2S. The van der Waals surface area contributed by atoms with Crippen molar-refractivity contribution in [2.75, 3.05) is 13.1 Å². The van der Waals surface area contributed by atoms with E-state index in [1.54, 1.807) is 11.3 Å². The standard InChI is InChI=1S/C21H25BrN2O2S/c1-14(2)19(18-4-3-13-27-18)23-20(25)15-9-11-24(12-10-15)21(26)16-5-7-17(22)8-6-16/h3-8,13-15,19H,9-12H2,1-2H3,(H,23,25)/t19-/m1/s1. The zero-order valence-electron chi connectivity index (χ0n) is 15.7. The van der Waals surface area contributed by atoms with Crippen LogP contribution in [0.1, 0.15) is 48.0 Å². The Morgan fingerprint density at radius 1 is 1.15 bits per heavy atom. The minimum absolute atomic E-state index is 0.0276. The number of carbonyl (C=O) groups is 2. The highest BCUT2D eigenvalue weighted by atomic mass is 79.9. The highest BCUT2D eigenvalue weighted by Gasteiger charge is 2.30. The molecule has 2 amide bonds. The molecule has 0 radical (unpaired) electrons. The van der Waals surface area contributed by atoms with Crippen molar-refractivity contribution in [3.8, 4) is 0 Å². The molecule has 0 spiro atoms. The first kappa shape index (κ1) is 20.1. The fourth-order valence-corrected chi connectivity index (χ4v) is 4.64. The molecule has 0 bridgehead atoms. The molecule has 2 heterocycles. The van der Waals surface area contributed by atoms with Crippen LogP contribution in [0.3, 0.4) is 0 Å². The molecule has 144 valence electrons. The third-order valence-electron chi connectivity index (χ3n) is 5.06. The smallest absolute Gasteiger partial charge is 0.253 e. The minimum atomic E-state index is -0.0276. The molecule has 1 atom stereocenters. The quantitative estimate of drug-likeness (QED) is 0.708. The van der Waals surface area contributed by atoms with Crippen molar-refractivity contribution in [1.82, 2.24) is 10.2 Å². The van der Waals surface area contributed by atoms with Gasteiger partial charge in [-0.05, 0) is 54.5 Å². The van der Waals surface area contributed by atoms with Crippen LogP contribution in [0.2, 0.25) is 0 Å². The maximum Gasteiger partial charge on any atom is 0.253 e. The van der Waals surface area contributed by atoms with Crippen LogP contribution in [0.5, 0.6) is 0 Å². The summed E-state index contributed by atoms with van der Waals surface area (Å²) in [6, 6.07) is 11.6. The fourth-order valence-electron chi connectivity index (χ4n) is 3.43. The number of halogens is 1. The van der Waals surface area contributed by atoms with Gasteiger partial charge in [0, 0.05) is 33.9 Å². The molecule has 1 aliphatic rings. The number of nitrogens with one attached hydrogen (secondary N) is 1. The van der Waals surface area contributed by atoms with E-state index >= 15 is 0 Å². The molecule has 1 N–H and O–H groups in total. The van der Waals surface area contributed by atoms with Gasteiger partial charge >= 0.3 is 0 Å². The Bertz CT molecular complexity index is 766. The van der Waals surface area contributed by atoms with Gasteiger partial charge in [-0.2, -0.15) is 0 Å². The zero-order valence-corrected chi connectivity index (χ0v) is 18.1. The van der Waals surface area contributed by atoms with Gasteiger partial charge < -0.3 is 10.2 Å². The Balaban J connectivity index is 1.56. The van der Waals surface area contributed by atoms with Gasteiger partial charge in [-0.25, -0.2) is 0 Å². The van der Waals surface area contributed by atoms with Crippen molar-refractivity contribution in [3.05, 3.63) is 56.7 Å². The molecule has 1 fully saturated rings. The van der Waals surface area contributed by atoms with Gasteiger partial charge in [0.1, 0.15) is 0 Å². The number of rotatable bonds is 5. The summed E-state index contributed by atoms with van der Waals surface area (Å²) in [7, 11) is 0. The average molecular weight is 449 g/mol. The lowest BCUT2D eigenvalue weighted by Crippen LogP contribution is -2.44. The number of amides is 2. The molecular weight excluding hydrogens is 424 g/mol. The van der Waals surface area contributed by atoms with E-state index in [0.717, 1.165) is 4.47 Å². The van der Waals surface area contributed by atoms with Gasteiger partial charge in [-0.3, -0.25) is 9.59 Å². The molecule has 6 heteroatoms. The largest absolute Gasteiger partial charge is 0.348 e. The summed E-state index contributed by atoms with van der Waals surface area (Å²) in [6.07, 6.45) is 1.42. The summed E-state index contributed by atoms with van der Waals surface area (Å²) in [5, 5.41) is 5.28. The van der Waals surface area contributed by atoms with E-state index in [-0.39, 0.29) is 23.8 Å². The third kappa shape index (κ3) is 4.99. The summed E-state index contributed by atoms with van der Waals surface area (Å²) in [6.45, 7) is 5.50. The lowest BCUT2D eigenvalue weighted by molar-refractivity contribution is -0.127. The summed E-state index contributed by atoms with van der Waals surface area (Å²) >= 11 is 5.07. The summed E-state index contributed by atoms with van der Waals surface area (Å²) < 4.78 is 0.958. The third-order valence-corrected chi connectivity index (χ3v) is 6.54. The second-order valence-corrected chi connectivity index (χ2v) is 9.21. The second-order valence-electron chi connectivity index (χ2n) is 7.32. The van der Waals surface area contributed by atoms with Crippen molar-refractivity contribution in [1.29, 1.82) is 0 Å². The highest BCUT2D eigenvalue weighted by molar-refractivity contribution is 9.10. The van der Waals surface area contributed by atoms with Crippen LogP contribution in [-0.2, 0) is 4.79 Å². The predicted molar refractivity (Wildman–Crippen MR) is 113 cm³/mol. The first-order valence-electron chi connectivity index (χ1n) is 9.34. The predicted octanol–water partition coefficient (Wildman–Crippen LogP) is 4.88. The average Bonchev–Trinajstić information content (AvgIpc) is 3.20. The first-order valence-corrected chi connectivity index (χ1v) is 11.0. The van der Waals surface area contributed by atoms with E-state index in [1.807, 2.05) is 40.6 Å². The van der Waals surface area contributed by atoms with Crippen molar-refractivity contribution in [2.45, 2.75) is 32.7 Å². The van der Waals surface area contributed by atoms with Crippen molar-refractivity contribution >= 4 is 39.1 Å². The number of benzene rings is 1. The molecule has 2 aromatic rings. The summed E-state index contributed by atoms with van der Waals surface area (Å²) in [5.74, 6) is 0.463. The number of hydrogen-bond acceptors (Lipinski definition) is 3.